The molecule has 23 heavy (non-hydrogen) atoms. The van der Waals surface area contributed by atoms with Crippen LogP contribution in [0.25, 0.3) is 0 Å². The molecular weight excluding hydrogens is 324 g/mol. The Morgan fingerprint density at radius 3 is 2.13 bits per heavy atom. The van der Waals surface area contributed by atoms with Crippen molar-refractivity contribution in [2.24, 2.45) is 0 Å². The molecule has 2 aliphatic rings. The minimum Gasteiger partial charge on any atom is -0.486 e. The summed E-state index contributed by atoms with van der Waals surface area (Å²) in [5, 5.41) is 11.3. The first-order valence-corrected chi connectivity index (χ1v) is 9.02. The Morgan fingerprint density at radius 2 is 1.57 bits per heavy atom. The van der Waals surface area contributed by atoms with Gasteiger partial charge in [0.2, 0.25) is 10.0 Å². The Bertz CT molecular complexity index is 710. The van der Waals surface area contributed by atoms with Gasteiger partial charge in [-0.2, -0.15) is 4.31 Å². The van der Waals surface area contributed by atoms with E-state index in [9.17, 15) is 18.5 Å². The fraction of sp³-hybridized carbons (Fsp3) is 0.571. The second kappa shape index (κ2) is 6.32. The van der Waals surface area contributed by atoms with Crippen molar-refractivity contribution in [2.75, 3.05) is 26.3 Å². The van der Waals surface area contributed by atoms with Crippen molar-refractivity contribution in [3.05, 3.63) is 22.2 Å². The second-order valence-corrected chi connectivity index (χ2v) is 7.45. The Balaban J connectivity index is 2.07. The molecule has 0 unspecified atom stereocenters. The van der Waals surface area contributed by atoms with E-state index in [1.807, 2.05) is 0 Å². The van der Waals surface area contributed by atoms with Crippen LogP contribution in [0.3, 0.4) is 0 Å². The maximum absolute atomic E-state index is 12.9. The fourth-order valence-corrected chi connectivity index (χ4v) is 4.50. The average Bonchev–Trinajstić information content (AvgIpc) is 2.83. The Kier molecular flexibility index (Phi) is 4.40. The summed E-state index contributed by atoms with van der Waals surface area (Å²) in [6.45, 7) is 1.33. The summed E-state index contributed by atoms with van der Waals surface area (Å²) in [5.74, 6) is 0.438. The van der Waals surface area contributed by atoms with Crippen molar-refractivity contribution in [3.8, 4) is 11.5 Å². The summed E-state index contributed by atoms with van der Waals surface area (Å²) in [7, 11) is -3.94. The lowest BCUT2D eigenvalue weighted by atomic mass is 10.2. The summed E-state index contributed by atoms with van der Waals surface area (Å²) in [4.78, 5) is 10.3. The molecule has 1 fully saturated rings. The van der Waals surface area contributed by atoms with Crippen LogP contribution < -0.4 is 9.47 Å². The van der Waals surface area contributed by atoms with Crippen LogP contribution in [-0.4, -0.2) is 43.9 Å². The van der Waals surface area contributed by atoms with Crippen LogP contribution in [0.5, 0.6) is 11.5 Å². The van der Waals surface area contributed by atoms with Crippen LogP contribution >= 0.6 is 0 Å². The molecule has 3 rings (SSSR count). The van der Waals surface area contributed by atoms with Crippen LogP contribution in [-0.2, 0) is 10.0 Å². The molecule has 1 aromatic carbocycles. The summed E-state index contributed by atoms with van der Waals surface area (Å²) in [6, 6.07) is 2.35. The molecule has 1 saturated heterocycles. The summed E-state index contributed by atoms with van der Waals surface area (Å²) < 4.78 is 37.8. The predicted molar refractivity (Wildman–Crippen MR) is 81.3 cm³/mol. The zero-order valence-electron chi connectivity index (χ0n) is 12.6. The molecule has 2 heterocycles. The first-order chi connectivity index (χ1) is 11.0. The summed E-state index contributed by atoms with van der Waals surface area (Å²) in [6.07, 6.45) is 3.46. The molecule has 9 heteroatoms. The first-order valence-electron chi connectivity index (χ1n) is 7.58. The molecular formula is C14H18N2O6S. The van der Waals surface area contributed by atoms with E-state index >= 15 is 0 Å². The van der Waals surface area contributed by atoms with Gasteiger partial charge in [-0.3, -0.25) is 10.1 Å². The Labute approximate surface area is 134 Å². The highest BCUT2D eigenvalue weighted by molar-refractivity contribution is 7.89. The lowest BCUT2D eigenvalue weighted by Crippen LogP contribution is -2.32. The molecule has 0 aromatic heterocycles. The van der Waals surface area contributed by atoms with E-state index in [1.165, 1.54) is 10.4 Å². The summed E-state index contributed by atoms with van der Waals surface area (Å²) >= 11 is 0. The third-order valence-electron chi connectivity index (χ3n) is 4.00. The number of nitro benzene ring substituents is 1. The molecule has 0 spiro atoms. The SMILES string of the molecule is O=[N+]([O-])c1cc2c(cc1S(=O)(=O)N1CCCCCC1)OCCO2. The van der Waals surface area contributed by atoms with E-state index in [1.54, 1.807) is 0 Å². The van der Waals surface area contributed by atoms with Gasteiger partial charge in [-0.05, 0) is 12.8 Å². The van der Waals surface area contributed by atoms with Gasteiger partial charge in [0, 0.05) is 19.2 Å². The lowest BCUT2D eigenvalue weighted by Gasteiger charge is -2.22. The third kappa shape index (κ3) is 3.11. The van der Waals surface area contributed by atoms with E-state index in [0.717, 1.165) is 31.7 Å². The number of fused-ring (bicyclic) bond motifs is 1. The van der Waals surface area contributed by atoms with Crippen molar-refractivity contribution in [2.45, 2.75) is 30.6 Å². The molecule has 0 N–H and O–H groups in total. The van der Waals surface area contributed by atoms with Gasteiger partial charge in [-0.15, -0.1) is 0 Å². The van der Waals surface area contributed by atoms with E-state index < -0.39 is 20.6 Å². The fourth-order valence-electron chi connectivity index (χ4n) is 2.83. The smallest absolute Gasteiger partial charge is 0.293 e. The van der Waals surface area contributed by atoms with E-state index in [2.05, 4.69) is 0 Å². The second-order valence-electron chi connectivity index (χ2n) is 5.54. The standard InChI is InChI=1S/C14H18N2O6S/c17-16(18)11-9-12-13(22-8-7-21-12)10-14(11)23(19,20)15-5-3-1-2-4-6-15/h9-10H,1-8H2. The molecule has 0 bridgehead atoms. The monoisotopic (exact) mass is 342 g/mol. The predicted octanol–water partition coefficient (Wildman–Crippen LogP) is 1.93. The normalized spacial score (nSPS) is 19.1. The molecule has 1 aromatic rings. The molecule has 0 radical (unpaired) electrons. The van der Waals surface area contributed by atoms with E-state index in [0.29, 0.717) is 13.1 Å². The van der Waals surface area contributed by atoms with Gasteiger partial charge >= 0.3 is 0 Å². The number of nitrogens with zero attached hydrogens (tertiary/aromatic N) is 2. The lowest BCUT2D eigenvalue weighted by molar-refractivity contribution is -0.388. The van der Waals surface area contributed by atoms with Crippen LogP contribution in [0.4, 0.5) is 5.69 Å². The zero-order chi connectivity index (χ0) is 16.4. The molecule has 8 nitrogen and oxygen atoms in total. The van der Waals surface area contributed by atoms with Crippen molar-refractivity contribution >= 4 is 15.7 Å². The molecule has 0 atom stereocenters. The number of nitro groups is 1. The summed E-state index contributed by atoms with van der Waals surface area (Å²) in [5.41, 5.74) is -0.474. The maximum atomic E-state index is 12.9. The van der Waals surface area contributed by atoms with Gasteiger partial charge in [0.15, 0.2) is 16.4 Å². The minimum absolute atomic E-state index is 0.206. The van der Waals surface area contributed by atoms with Gasteiger partial charge in [-0.1, -0.05) is 12.8 Å². The molecule has 0 amide bonds. The van der Waals surface area contributed by atoms with Gasteiger partial charge in [0.05, 0.1) is 11.0 Å². The van der Waals surface area contributed by atoms with Crippen molar-refractivity contribution in [1.82, 2.24) is 4.31 Å². The van der Waals surface area contributed by atoms with Crippen LogP contribution in [0.1, 0.15) is 25.7 Å². The van der Waals surface area contributed by atoms with Gasteiger partial charge in [0.25, 0.3) is 5.69 Å². The average molecular weight is 342 g/mol. The number of benzene rings is 1. The van der Waals surface area contributed by atoms with Gasteiger partial charge in [-0.25, -0.2) is 8.42 Å². The zero-order valence-corrected chi connectivity index (χ0v) is 13.4. The van der Waals surface area contributed by atoms with Crippen molar-refractivity contribution < 1.29 is 22.8 Å². The molecule has 2 aliphatic heterocycles. The van der Waals surface area contributed by atoms with Gasteiger partial charge < -0.3 is 9.47 Å². The highest BCUT2D eigenvalue weighted by atomic mass is 32.2. The first kappa shape index (κ1) is 16.0. The largest absolute Gasteiger partial charge is 0.486 e. The van der Waals surface area contributed by atoms with E-state index in [-0.39, 0.29) is 29.6 Å². The Hall–Kier alpha value is -1.87. The van der Waals surface area contributed by atoms with Crippen molar-refractivity contribution in [3.63, 3.8) is 0 Å². The highest BCUT2D eigenvalue weighted by Crippen LogP contribution is 2.39. The molecule has 0 aliphatic carbocycles. The molecule has 126 valence electrons. The Morgan fingerprint density at radius 1 is 1.00 bits per heavy atom. The van der Waals surface area contributed by atoms with Crippen LogP contribution in [0.2, 0.25) is 0 Å². The third-order valence-corrected chi connectivity index (χ3v) is 5.93. The topological polar surface area (TPSA) is 99.0 Å². The van der Waals surface area contributed by atoms with Gasteiger partial charge in [0.1, 0.15) is 13.2 Å². The number of hydrogen-bond acceptors (Lipinski definition) is 6. The number of rotatable bonds is 3. The number of sulfonamides is 1. The molecule has 0 saturated carbocycles. The minimum atomic E-state index is -3.94. The number of hydrogen-bond donors (Lipinski definition) is 0. The highest BCUT2D eigenvalue weighted by Gasteiger charge is 2.34. The van der Waals surface area contributed by atoms with Crippen molar-refractivity contribution in [1.29, 1.82) is 0 Å². The van der Waals surface area contributed by atoms with Crippen LogP contribution in [0.15, 0.2) is 17.0 Å². The van der Waals surface area contributed by atoms with E-state index in [4.69, 9.17) is 9.47 Å². The number of ether oxygens (including phenoxy) is 2. The van der Waals surface area contributed by atoms with Crippen LogP contribution in [0, 0.1) is 10.1 Å². The maximum Gasteiger partial charge on any atom is 0.293 e. The quantitative estimate of drug-likeness (QED) is 0.615.